The Morgan fingerprint density at radius 1 is 1.40 bits per heavy atom. The van der Waals surface area contributed by atoms with E-state index >= 15 is 0 Å². The highest BCUT2D eigenvalue weighted by Gasteiger charge is 2.17. The van der Waals surface area contributed by atoms with Gasteiger partial charge < -0.3 is 10.1 Å². The van der Waals surface area contributed by atoms with E-state index < -0.39 is 0 Å². The summed E-state index contributed by atoms with van der Waals surface area (Å²) in [6.07, 6.45) is 9.23. The lowest BCUT2D eigenvalue weighted by Gasteiger charge is -2.22. The fourth-order valence-corrected chi connectivity index (χ4v) is 1.82. The Morgan fingerprint density at radius 2 is 2.20 bits per heavy atom. The molecule has 1 unspecified atom stereocenters. The minimum Gasteiger partial charge on any atom is -0.501 e. The van der Waals surface area contributed by atoms with Gasteiger partial charge in [0.1, 0.15) is 6.33 Å². The Balaban J connectivity index is 2.20. The average Bonchev–Trinajstić information content (AvgIpc) is 2.33. The molecule has 0 spiro atoms. The molecule has 1 aromatic heterocycles. The van der Waals surface area contributed by atoms with Crippen LogP contribution >= 0.6 is 0 Å². The number of hydrogen-bond acceptors (Lipinski definition) is 4. The Labute approximate surface area is 89.4 Å². The molecule has 0 aromatic carbocycles. The second-order valence-corrected chi connectivity index (χ2v) is 3.56. The highest BCUT2D eigenvalue weighted by Crippen LogP contribution is 2.26. The summed E-state index contributed by atoms with van der Waals surface area (Å²) < 4.78 is 5.34. The highest BCUT2D eigenvalue weighted by molar-refractivity contribution is 5.23. The predicted molar refractivity (Wildman–Crippen MR) is 57.1 cm³/mol. The van der Waals surface area contributed by atoms with Crippen molar-refractivity contribution in [2.24, 2.45) is 0 Å². The summed E-state index contributed by atoms with van der Waals surface area (Å²) >= 11 is 0. The maximum atomic E-state index is 5.34. The standard InChI is InChI=1S/C11H15N3O/c1-12-11(9-3-2-4-15-7-9)10-5-13-8-14-6-10/h5-8,11-12H,2-4H2,1H3. The van der Waals surface area contributed by atoms with Crippen molar-refractivity contribution in [1.82, 2.24) is 15.3 Å². The molecule has 1 aliphatic rings. The number of nitrogens with zero attached hydrogens (tertiary/aromatic N) is 2. The SMILES string of the molecule is CNC(C1=COCCC1)c1cncnc1. The predicted octanol–water partition coefficient (Wildman–Crippen LogP) is 1.43. The van der Waals surface area contributed by atoms with Gasteiger partial charge in [0, 0.05) is 18.0 Å². The van der Waals surface area contributed by atoms with Gasteiger partial charge in [0.15, 0.2) is 0 Å². The largest absolute Gasteiger partial charge is 0.501 e. The van der Waals surface area contributed by atoms with Gasteiger partial charge in [-0.3, -0.25) is 0 Å². The highest BCUT2D eigenvalue weighted by atomic mass is 16.5. The summed E-state index contributed by atoms with van der Waals surface area (Å²) in [5, 5.41) is 3.26. The summed E-state index contributed by atoms with van der Waals surface area (Å²) in [7, 11) is 1.94. The van der Waals surface area contributed by atoms with Gasteiger partial charge >= 0.3 is 0 Å². The Kier molecular flexibility index (Phi) is 3.29. The van der Waals surface area contributed by atoms with Crippen molar-refractivity contribution in [1.29, 1.82) is 0 Å². The Hall–Kier alpha value is -1.42. The van der Waals surface area contributed by atoms with E-state index in [2.05, 4.69) is 15.3 Å². The first kappa shape index (κ1) is 10.1. The molecule has 80 valence electrons. The molecule has 1 N–H and O–H groups in total. The number of aromatic nitrogens is 2. The van der Waals surface area contributed by atoms with Crippen LogP contribution in [-0.4, -0.2) is 23.6 Å². The molecule has 0 saturated heterocycles. The molecule has 0 bridgehead atoms. The molecule has 4 nitrogen and oxygen atoms in total. The number of likely N-dealkylation sites (N-methyl/N-ethyl adjacent to an activating group) is 1. The van der Waals surface area contributed by atoms with E-state index in [1.807, 2.05) is 25.7 Å². The van der Waals surface area contributed by atoms with E-state index in [0.29, 0.717) is 0 Å². The zero-order valence-corrected chi connectivity index (χ0v) is 8.81. The monoisotopic (exact) mass is 205 g/mol. The van der Waals surface area contributed by atoms with Gasteiger partial charge in [0.25, 0.3) is 0 Å². The van der Waals surface area contributed by atoms with Crippen LogP contribution in [0.3, 0.4) is 0 Å². The van der Waals surface area contributed by atoms with E-state index in [9.17, 15) is 0 Å². The minimum atomic E-state index is 0.173. The fraction of sp³-hybridized carbons (Fsp3) is 0.455. The molecule has 0 radical (unpaired) electrons. The summed E-state index contributed by atoms with van der Waals surface area (Å²) in [6.45, 7) is 0.825. The van der Waals surface area contributed by atoms with E-state index in [1.54, 1.807) is 6.33 Å². The molecule has 1 atom stereocenters. The van der Waals surface area contributed by atoms with Gasteiger partial charge in [-0.1, -0.05) is 0 Å². The lowest BCUT2D eigenvalue weighted by atomic mass is 9.97. The van der Waals surface area contributed by atoms with Crippen molar-refractivity contribution in [2.45, 2.75) is 18.9 Å². The van der Waals surface area contributed by atoms with Crippen molar-refractivity contribution < 1.29 is 4.74 Å². The third-order valence-corrected chi connectivity index (χ3v) is 2.54. The molecule has 0 amide bonds. The topological polar surface area (TPSA) is 47.0 Å². The summed E-state index contributed by atoms with van der Waals surface area (Å²) in [6, 6.07) is 0.173. The molecule has 0 fully saturated rings. The molecule has 1 aromatic rings. The van der Waals surface area contributed by atoms with Crippen molar-refractivity contribution in [3.8, 4) is 0 Å². The fourth-order valence-electron chi connectivity index (χ4n) is 1.82. The maximum Gasteiger partial charge on any atom is 0.115 e. The molecule has 1 aliphatic heterocycles. The van der Waals surface area contributed by atoms with Crippen LogP contribution in [0.1, 0.15) is 24.4 Å². The van der Waals surface area contributed by atoms with Crippen LogP contribution in [0.25, 0.3) is 0 Å². The van der Waals surface area contributed by atoms with Gasteiger partial charge in [0.05, 0.1) is 18.9 Å². The van der Waals surface area contributed by atoms with Gasteiger partial charge in [-0.25, -0.2) is 9.97 Å². The van der Waals surface area contributed by atoms with Gasteiger partial charge in [-0.05, 0) is 25.5 Å². The third kappa shape index (κ3) is 2.33. The van der Waals surface area contributed by atoms with Gasteiger partial charge in [-0.15, -0.1) is 0 Å². The molecule has 4 heteroatoms. The minimum absolute atomic E-state index is 0.173. The van der Waals surface area contributed by atoms with Crippen LogP contribution in [0, 0.1) is 0 Å². The Morgan fingerprint density at radius 3 is 2.80 bits per heavy atom. The van der Waals surface area contributed by atoms with Crippen LogP contribution in [0.15, 0.2) is 30.6 Å². The number of nitrogens with one attached hydrogen (secondary N) is 1. The number of rotatable bonds is 3. The third-order valence-electron chi connectivity index (χ3n) is 2.54. The first-order valence-corrected chi connectivity index (χ1v) is 5.14. The van der Waals surface area contributed by atoms with Crippen molar-refractivity contribution >= 4 is 0 Å². The number of hydrogen-bond donors (Lipinski definition) is 1. The first-order chi connectivity index (χ1) is 7.42. The lowest BCUT2D eigenvalue weighted by Crippen LogP contribution is -2.21. The second-order valence-electron chi connectivity index (χ2n) is 3.56. The molecule has 2 heterocycles. The van der Waals surface area contributed by atoms with Crippen LogP contribution < -0.4 is 5.32 Å². The lowest BCUT2D eigenvalue weighted by molar-refractivity contribution is 0.220. The van der Waals surface area contributed by atoms with Crippen LogP contribution in [-0.2, 0) is 4.74 Å². The van der Waals surface area contributed by atoms with Crippen molar-refractivity contribution in [3.05, 3.63) is 36.1 Å². The van der Waals surface area contributed by atoms with Crippen LogP contribution in [0.4, 0.5) is 0 Å². The van der Waals surface area contributed by atoms with E-state index in [1.165, 1.54) is 5.57 Å². The van der Waals surface area contributed by atoms with E-state index in [-0.39, 0.29) is 6.04 Å². The quantitative estimate of drug-likeness (QED) is 0.811. The summed E-state index contributed by atoms with van der Waals surface area (Å²) in [5.41, 5.74) is 2.34. The normalized spacial score (nSPS) is 17.8. The van der Waals surface area contributed by atoms with Crippen LogP contribution in [0.2, 0.25) is 0 Å². The van der Waals surface area contributed by atoms with Crippen LogP contribution in [0.5, 0.6) is 0 Å². The Bertz CT molecular complexity index is 337. The van der Waals surface area contributed by atoms with Gasteiger partial charge in [0.2, 0.25) is 0 Å². The summed E-state index contributed by atoms with van der Waals surface area (Å²) in [4.78, 5) is 8.06. The van der Waals surface area contributed by atoms with Gasteiger partial charge in [-0.2, -0.15) is 0 Å². The summed E-state index contributed by atoms with van der Waals surface area (Å²) in [5.74, 6) is 0. The maximum absolute atomic E-state index is 5.34. The zero-order chi connectivity index (χ0) is 10.5. The van der Waals surface area contributed by atoms with Crippen molar-refractivity contribution in [2.75, 3.05) is 13.7 Å². The van der Waals surface area contributed by atoms with E-state index in [4.69, 9.17) is 4.74 Å². The zero-order valence-electron chi connectivity index (χ0n) is 8.81. The van der Waals surface area contributed by atoms with E-state index in [0.717, 1.165) is 25.0 Å². The smallest absolute Gasteiger partial charge is 0.115 e. The molecular formula is C11H15N3O. The second kappa shape index (κ2) is 4.89. The number of ether oxygens (including phenoxy) is 1. The molecule has 15 heavy (non-hydrogen) atoms. The van der Waals surface area contributed by atoms with Crippen molar-refractivity contribution in [3.63, 3.8) is 0 Å². The molecule has 0 aliphatic carbocycles. The average molecular weight is 205 g/mol. The molecular weight excluding hydrogens is 190 g/mol. The molecule has 0 saturated carbocycles. The first-order valence-electron chi connectivity index (χ1n) is 5.14. The molecule has 2 rings (SSSR count).